The van der Waals surface area contributed by atoms with Crippen molar-refractivity contribution in [1.29, 1.82) is 0 Å². The zero-order valence-corrected chi connectivity index (χ0v) is 35.3. The van der Waals surface area contributed by atoms with Gasteiger partial charge < -0.3 is 34.8 Å². The molecule has 0 saturated carbocycles. The second kappa shape index (κ2) is 17.8. The second-order valence-electron chi connectivity index (χ2n) is 15.3. The predicted octanol–water partition coefficient (Wildman–Crippen LogP) is 4.63. The average molecular weight is 757 g/mol. The molecule has 1 aliphatic carbocycles. The SMILES string of the molecule is C=Cc1c2[nH]c(c1C)/C=C1\NC(C3=c4[n-]c(c(C)c4=C(O)[C@@H]3C(=O)OC)/C=c3\[n-]/c(c(C)c3CC)=C\2)[C@@H](CCC(=O)OC/C=C/CCC[C@H](C)CC)[C@@H]1C.[Mg+2]. The van der Waals surface area contributed by atoms with Gasteiger partial charge in [0.15, 0.2) is 0 Å². The standard InChI is InChI=1S/C45H56N4O5.Mg/c1-10-24(4)17-15-13-14-16-20-54-38(50)19-18-31-27(7)34-21-32-25(5)29(11-2)36(46-32)22-33-26(6)30(12-3)37(47-33)23-35-28(8)39-43(49-35)40(42(31)48-34)41(44(39)51)45(52)53-9;/h11,14,16,21-24,27,31,41-42,46,48,51H,2,10,12-13,15,17-20H2,1,3-9H3;/q-2;+2/b16-14+,33-22-,34-21-,37-23-;/t24-,27+,31+,41-,42?;/m1./s1. The van der Waals surface area contributed by atoms with Crippen LogP contribution in [-0.4, -0.2) is 64.8 Å². The van der Waals surface area contributed by atoms with E-state index in [1.165, 1.54) is 20.0 Å². The van der Waals surface area contributed by atoms with Gasteiger partial charge in [-0.2, -0.15) is 0 Å². The Balaban J connectivity index is 0.00000580. The minimum Gasteiger partial charge on any atom is -0.657 e. The van der Waals surface area contributed by atoms with Gasteiger partial charge in [-0.05, 0) is 75.5 Å². The van der Waals surface area contributed by atoms with E-state index in [4.69, 9.17) is 19.4 Å². The summed E-state index contributed by atoms with van der Waals surface area (Å²) in [5.74, 6) is -1.35. The number of methoxy groups -OCH3 is 1. The number of rotatable bonds is 13. The van der Waals surface area contributed by atoms with Crippen molar-refractivity contribution in [3.8, 4) is 0 Å². The Bertz CT molecular complexity index is 2270. The number of H-pyrrole nitrogens is 1. The van der Waals surface area contributed by atoms with Crippen molar-refractivity contribution in [3.05, 3.63) is 90.6 Å². The molecular formula is C45H56MgN4O5. The summed E-state index contributed by atoms with van der Waals surface area (Å²) in [6, 6.07) is -0.427. The van der Waals surface area contributed by atoms with Crippen LogP contribution in [0.4, 0.5) is 0 Å². The number of allylic oxidation sites excluding steroid dienone is 2. The summed E-state index contributed by atoms with van der Waals surface area (Å²) in [6.07, 6.45) is 18.1. The summed E-state index contributed by atoms with van der Waals surface area (Å²) >= 11 is 0. The zero-order chi connectivity index (χ0) is 38.8. The van der Waals surface area contributed by atoms with Crippen LogP contribution in [0.25, 0.3) is 35.6 Å². The molecule has 10 heteroatoms. The fraction of sp³-hybridized carbons (Fsp3) is 0.467. The summed E-state index contributed by atoms with van der Waals surface area (Å²) in [5.41, 5.74) is 9.21. The van der Waals surface area contributed by atoms with Crippen molar-refractivity contribution in [1.82, 2.24) is 20.3 Å². The molecule has 3 aromatic heterocycles. The molecule has 5 atom stereocenters. The first-order valence-corrected chi connectivity index (χ1v) is 19.6. The molecule has 0 amide bonds. The number of fused-ring (bicyclic) bond motifs is 8. The Morgan fingerprint density at radius 2 is 1.80 bits per heavy atom. The van der Waals surface area contributed by atoms with E-state index in [1.54, 1.807) is 0 Å². The van der Waals surface area contributed by atoms with Gasteiger partial charge in [-0.3, -0.25) is 9.59 Å². The Labute approximate surface area is 341 Å². The Kier molecular flexibility index (Phi) is 13.6. The van der Waals surface area contributed by atoms with Crippen molar-refractivity contribution < 1.29 is 24.2 Å². The second-order valence-corrected chi connectivity index (χ2v) is 15.3. The number of nitrogens with one attached hydrogen (secondary N) is 2. The molecule has 6 rings (SSSR count). The van der Waals surface area contributed by atoms with E-state index in [0.717, 1.165) is 80.8 Å². The first kappa shape index (κ1) is 42.0. The van der Waals surface area contributed by atoms with E-state index in [2.05, 4.69) is 76.7 Å². The number of esters is 2. The monoisotopic (exact) mass is 756 g/mol. The molecule has 288 valence electrons. The summed E-state index contributed by atoms with van der Waals surface area (Å²) in [4.78, 5) is 40.5. The normalized spacial score (nSPS) is 22.5. The zero-order valence-electron chi connectivity index (χ0n) is 33.9. The molecule has 1 saturated heterocycles. The van der Waals surface area contributed by atoms with E-state index in [1.807, 2.05) is 25.2 Å². The van der Waals surface area contributed by atoms with Crippen LogP contribution in [0.2, 0.25) is 0 Å². The maximum atomic E-state index is 13.5. The number of unbranched alkanes of at least 4 members (excludes halogenated alkanes) is 1. The Morgan fingerprint density at radius 3 is 2.49 bits per heavy atom. The van der Waals surface area contributed by atoms with Crippen molar-refractivity contribution in [3.63, 3.8) is 0 Å². The fourth-order valence-electron chi connectivity index (χ4n) is 8.58. The molecule has 2 aliphatic heterocycles. The Hall–Kier alpha value is -4.15. The number of aliphatic hydroxyl groups excluding tert-OH is 1. The van der Waals surface area contributed by atoms with Crippen LogP contribution in [0, 0.1) is 44.4 Å². The van der Waals surface area contributed by atoms with Crippen LogP contribution >= 0.6 is 0 Å². The van der Waals surface area contributed by atoms with Crippen LogP contribution in [0.1, 0.15) is 111 Å². The number of hydrogen-bond donors (Lipinski definition) is 3. The van der Waals surface area contributed by atoms with Crippen molar-refractivity contribution in [2.24, 2.45) is 23.7 Å². The van der Waals surface area contributed by atoms with Crippen LogP contribution in [0.5, 0.6) is 0 Å². The quantitative estimate of drug-likeness (QED) is 0.0998. The topological polar surface area (TPSA) is 129 Å². The smallest absolute Gasteiger partial charge is 0.657 e. The summed E-state index contributed by atoms with van der Waals surface area (Å²) < 4.78 is 10.9. The third-order valence-electron chi connectivity index (χ3n) is 12.1. The van der Waals surface area contributed by atoms with E-state index in [-0.39, 0.29) is 59.6 Å². The predicted molar refractivity (Wildman–Crippen MR) is 221 cm³/mol. The van der Waals surface area contributed by atoms with E-state index in [0.29, 0.717) is 28.3 Å². The van der Waals surface area contributed by atoms with Crippen LogP contribution < -0.4 is 36.6 Å². The van der Waals surface area contributed by atoms with Gasteiger partial charge in [-0.1, -0.05) is 94.2 Å². The molecular weight excluding hydrogens is 701 g/mol. The minimum atomic E-state index is -1.03. The fourth-order valence-corrected chi connectivity index (χ4v) is 8.58. The molecule has 8 bridgehead atoms. The number of aliphatic hydroxyl groups is 1. The first-order chi connectivity index (χ1) is 25.9. The third kappa shape index (κ3) is 8.08. The van der Waals surface area contributed by atoms with Gasteiger partial charge >= 0.3 is 35.0 Å². The van der Waals surface area contributed by atoms with Crippen LogP contribution in [0.3, 0.4) is 0 Å². The molecule has 3 aromatic rings. The molecule has 0 radical (unpaired) electrons. The van der Waals surface area contributed by atoms with E-state index in [9.17, 15) is 14.7 Å². The van der Waals surface area contributed by atoms with Gasteiger partial charge in [-0.25, -0.2) is 0 Å². The molecule has 3 aliphatic rings. The van der Waals surface area contributed by atoms with Crippen LogP contribution in [-0.2, 0) is 25.5 Å². The Morgan fingerprint density at radius 1 is 1.04 bits per heavy atom. The number of nitrogens with zero attached hydrogens (tertiary/aromatic N) is 2. The number of aromatic amines is 1. The van der Waals surface area contributed by atoms with Gasteiger partial charge in [-0.15, -0.1) is 21.7 Å². The molecule has 55 heavy (non-hydrogen) atoms. The number of carbonyl (C=O) groups excluding carboxylic acids is 2. The number of ether oxygens (including phenoxy) is 2. The van der Waals surface area contributed by atoms with Gasteiger partial charge in [0.25, 0.3) is 0 Å². The van der Waals surface area contributed by atoms with E-state index < -0.39 is 17.9 Å². The van der Waals surface area contributed by atoms with Gasteiger partial charge in [0.05, 0.1) is 13.2 Å². The molecule has 9 nitrogen and oxygen atoms in total. The molecule has 1 unspecified atom stereocenters. The largest absolute Gasteiger partial charge is 2.00 e. The number of carbonyl (C=O) groups is 2. The maximum Gasteiger partial charge on any atom is 2.00 e. The van der Waals surface area contributed by atoms with Gasteiger partial charge in [0, 0.05) is 40.2 Å². The average Bonchev–Trinajstić information content (AvgIpc) is 3.90. The minimum absolute atomic E-state index is 0. The van der Waals surface area contributed by atoms with Crippen molar-refractivity contribution in [2.45, 2.75) is 99.5 Å². The maximum absolute atomic E-state index is 13.5. The molecule has 5 heterocycles. The van der Waals surface area contributed by atoms with Gasteiger partial charge in [0.2, 0.25) is 0 Å². The summed E-state index contributed by atoms with van der Waals surface area (Å²) in [7, 11) is 1.34. The van der Waals surface area contributed by atoms with E-state index >= 15 is 0 Å². The van der Waals surface area contributed by atoms with Gasteiger partial charge in [0.1, 0.15) is 18.3 Å². The summed E-state index contributed by atoms with van der Waals surface area (Å²) in [5, 5.41) is 18.4. The number of hydrogen-bond acceptors (Lipinski definition) is 6. The van der Waals surface area contributed by atoms with Crippen molar-refractivity contribution >= 4 is 70.6 Å². The first-order valence-electron chi connectivity index (χ1n) is 19.6. The van der Waals surface area contributed by atoms with Crippen molar-refractivity contribution in [2.75, 3.05) is 13.7 Å². The molecule has 0 spiro atoms. The van der Waals surface area contributed by atoms with Crippen LogP contribution in [0.15, 0.2) is 24.4 Å². The molecule has 1 fully saturated rings. The summed E-state index contributed by atoms with van der Waals surface area (Å²) in [6.45, 7) is 19.2. The number of aromatic nitrogens is 3. The molecule has 3 N–H and O–H groups in total. The molecule has 0 aromatic carbocycles. The third-order valence-corrected chi connectivity index (χ3v) is 12.1.